The van der Waals surface area contributed by atoms with Crippen LogP contribution in [-0.4, -0.2) is 38.6 Å². The minimum atomic E-state index is -0.352. The standard InChI is InChI=1S/C20H24FN3O3/c1-3-24(13-19(25)22-12-15-7-4-5-10-18(15)21)14-20(26)23-16-8-6-9-17(11-16)27-2/h4-11H,3,12-14H2,1-2H3,(H,22,25)(H,23,26)/p+1. The molecule has 0 radical (unpaired) electrons. The molecule has 1 unspecified atom stereocenters. The van der Waals surface area contributed by atoms with Crippen LogP contribution in [0.1, 0.15) is 12.5 Å². The number of hydrogen-bond acceptors (Lipinski definition) is 3. The summed E-state index contributed by atoms with van der Waals surface area (Å²) < 4.78 is 18.7. The van der Waals surface area contributed by atoms with Crippen LogP contribution in [0, 0.1) is 5.82 Å². The van der Waals surface area contributed by atoms with E-state index >= 15 is 0 Å². The van der Waals surface area contributed by atoms with Gasteiger partial charge < -0.3 is 20.3 Å². The fraction of sp³-hybridized carbons (Fsp3) is 0.300. The number of rotatable bonds is 9. The maximum Gasteiger partial charge on any atom is 0.279 e. The number of carbonyl (C=O) groups is 2. The van der Waals surface area contributed by atoms with Crippen LogP contribution in [0.5, 0.6) is 5.75 Å². The Labute approximate surface area is 158 Å². The van der Waals surface area contributed by atoms with Crippen molar-refractivity contribution in [2.24, 2.45) is 0 Å². The summed E-state index contributed by atoms with van der Waals surface area (Å²) in [5, 5.41) is 5.49. The SMILES string of the molecule is CC[NH+](CC(=O)NCc1ccccc1F)CC(=O)Nc1cccc(OC)c1. The normalized spacial score (nSPS) is 11.5. The monoisotopic (exact) mass is 374 g/mol. The largest absolute Gasteiger partial charge is 0.497 e. The maximum atomic E-state index is 13.6. The van der Waals surface area contributed by atoms with Crippen molar-refractivity contribution in [2.75, 3.05) is 32.1 Å². The first-order valence-corrected chi connectivity index (χ1v) is 8.79. The van der Waals surface area contributed by atoms with E-state index in [1.165, 1.54) is 6.07 Å². The van der Waals surface area contributed by atoms with Crippen LogP contribution in [0.3, 0.4) is 0 Å². The molecular weight excluding hydrogens is 349 g/mol. The Morgan fingerprint density at radius 3 is 2.52 bits per heavy atom. The Hall–Kier alpha value is -2.93. The van der Waals surface area contributed by atoms with E-state index in [4.69, 9.17) is 4.74 Å². The molecule has 0 aliphatic rings. The molecule has 1 atom stereocenters. The lowest BCUT2D eigenvalue weighted by Gasteiger charge is -2.17. The van der Waals surface area contributed by atoms with Crippen LogP contribution in [-0.2, 0) is 16.1 Å². The Morgan fingerprint density at radius 2 is 1.81 bits per heavy atom. The van der Waals surface area contributed by atoms with Crippen molar-refractivity contribution in [1.29, 1.82) is 0 Å². The van der Waals surface area contributed by atoms with Gasteiger partial charge in [0.2, 0.25) is 0 Å². The molecule has 0 heterocycles. The molecule has 6 nitrogen and oxygen atoms in total. The number of nitrogens with one attached hydrogen (secondary N) is 3. The van der Waals surface area contributed by atoms with Crippen LogP contribution >= 0.6 is 0 Å². The van der Waals surface area contributed by atoms with Crippen LogP contribution in [0.2, 0.25) is 0 Å². The second-order valence-corrected chi connectivity index (χ2v) is 6.11. The topological polar surface area (TPSA) is 71.9 Å². The molecular formula is C20H25FN3O3+. The highest BCUT2D eigenvalue weighted by molar-refractivity contribution is 5.91. The minimum absolute atomic E-state index is 0.124. The molecule has 0 aliphatic carbocycles. The smallest absolute Gasteiger partial charge is 0.279 e. The summed E-state index contributed by atoms with van der Waals surface area (Å²) in [6.07, 6.45) is 0. The predicted octanol–water partition coefficient (Wildman–Crippen LogP) is 0.994. The number of methoxy groups -OCH3 is 1. The highest BCUT2D eigenvalue weighted by Crippen LogP contribution is 2.16. The number of quaternary nitrogens is 1. The second kappa shape index (κ2) is 10.3. The van der Waals surface area contributed by atoms with Gasteiger partial charge in [-0.2, -0.15) is 0 Å². The summed E-state index contributed by atoms with van der Waals surface area (Å²) in [6.45, 7) is 2.92. The van der Waals surface area contributed by atoms with Crippen LogP contribution < -0.4 is 20.3 Å². The molecule has 0 bridgehead atoms. The van der Waals surface area contributed by atoms with Gasteiger partial charge in [0.15, 0.2) is 13.1 Å². The summed E-state index contributed by atoms with van der Waals surface area (Å²) >= 11 is 0. The highest BCUT2D eigenvalue weighted by Gasteiger charge is 2.17. The third kappa shape index (κ3) is 6.71. The molecule has 2 aromatic carbocycles. The van der Waals surface area contributed by atoms with Gasteiger partial charge in [0.25, 0.3) is 11.8 Å². The zero-order chi connectivity index (χ0) is 19.6. The van der Waals surface area contributed by atoms with E-state index in [1.807, 2.05) is 6.92 Å². The summed E-state index contributed by atoms with van der Waals surface area (Å²) in [7, 11) is 1.56. The van der Waals surface area contributed by atoms with Crippen molar-refractivity contribution in [2.45, 2.75) is 13.5 Å². The lowest BCUT2D eigenvalue weighted by molar-refractivity contribution is -0.881. The Morgan fingerprint density at radius 1 is 1.07 bits per heavy atom. The average Bonchev–Trinajstić information content (AvgIpc) is 2.67. The molecule has 7 heteroatoms. The summed E-state index contributed by atoms with van der Waals surface area (Å²) in [6, 6.07) is 13.4. The molecule has 3 N–H and O–H groups in total. The third-order valence-electron chi connectivity index (χ3n) is 4.11. The highest BCUT2D eigenvalue weighted by atomic mass is 19.1. The number of anilines is 1. The molecule has 2 aromatic rings. The van der Waals surface area contributed by atoms with Crippen molar-refractivity contribution in [3.63, 3.8) is 0 Å². The first-order valence-electron chi connectivity index (χ1n) is 8.79. The number of ether oxygens (including phenoxy) is 1. The quantitative estimate of drug-likeness (QED) is 0.613. The summed E-state index contributed by atoms with van der Waals surface area (Å²) in [5.41, 5.74) is 1.07. The third-order valence-corrected chi connectivity index (χ3v) is 4.11. The maximum absolute atomic E-state index is 13.6. The van der Waals surface area contributed by atoms with Gasteiger partial charge >= 0.3 is 0 Å². The van der Waals surface area contributed by atoms with Crippen LogP contribution in [0.25, 0.3) is 0 Å². The van der Waals surface area contributed by atoms with Gasteiger partial charge in [-0.05, 0) is 25.1 Å². The Bertz CT molecular complexity index is 783. The molecule has 0 saturated heterocycles. The Kier molecular flexibility index (Phi) is 7.76. The molecule has 0 saturated carbocycles. The summed E-state index contributed by atoms with van der Waals surface area (Å²) in [4.78, 5) is 25.2. The number of amides is 2. The molecule has 0 fully saturated rings. The summed E-state index contributed by atoms with van der Waals surface area (Å²) in [5.74, 6) is -0.124. The average molecular weight is 374 g/mol. The zero-order valence-corrected chi connectivity index (χ0v) is 15.5. The van der Waals surface area contributed by atoms with E-state index in [2.05, 4.69) is 10.6 Å². The number of likely N-dealkylation sites (N-methyl/N-ethyl adjacent to an activating group) is 1. The number of hydrogen-bond donors (Lipinski definition) is 3. The van der Waals surface area contributed by atoms with E-state index in [-0.39, 0.29) is 37.3 Å². The van der Waals surface area contributed by atoms with Crippen molar-refractivity contribution < 1.29 is 23.6 Å². The van der Waals surface area contributed by atoms with E-state index in [1.54, 1.807) is 49.6 Å². The lowest BCUT2D eigenvalue weighted by Crippen LogP contribution is -3.13. The minimum Gasteiger partial charge on any atom is -0.497 e. The van der Waals surface area contributed by atoms with E-state index in [0.29, 0.717) is 23.5 Å². The molecule has 2 amide bonds. The van der Waals surface area contributed by atoms with Crippen molar-refractivity contribution in [3.05, 3.63) is 59.9 Å². The van der Waals surface area contributed by atoms with Gasteiger partial charge in [-0.1, -0.05) is 24.3 Å². The van der Waals surface area contributed by atoms with Crippen LogP contribution in [0.4, 0.5) is 10.1 Å². The van der Waals surface area contributed by atoms with Crippen LogP contribution in [0.15, 0.2) is 48.5 Å². The van der Waals surface area contributed by atoms with Gasteiger partial charge in [0.1, 0.15) is 11.6 Å². The fourth-order valence-electron chi connectivity index (χ4n) is 2.57. The zero-order valence-electron chi connectivity index (χ0n) is 15.5. The molecule has 0 aliphatic heterocycles. The number of carbonyl (C=O) groups excluding carboxylic acids is 2. The van der Waals surface area contributed by atoms with Gasteiger partial charge in [-0.25, -0.2) is 4.39 Å². The van der Waals surface area contributed by atoms with Crippen molar-refractivity contribution in [3.8, 4) is 5.75 Å². The van der Waals surface area contributed by atoms with E-state index in [0.717, 1.165) is 4.90 Å². The van der Waals surface area contributed by atoms with Gasteiger partial charge in [-0.3, -0.25) is 9.59 Å². The molecule has 0 spiro atoms. The lowest BCUT2D eigenvalue weighted by atomic mass is 10.2. The molecule has 0 aromatic heterocycles. The molecule has 2 rings (SSSR count). The Balaban J connectivity index is 1.82. The second-order valence-electron chi connectivity index (χ2n) is 6.11. The van der Waals surface area contributed by atoms with Gasteiger partial charge in [0, 0.05) is 23.9 Å². The van der Waals surface area contributed by atoms with Gasteiger partial charge in [-0.15, -0.1) is 0 Å². The van der Waals surface area contributed by atoms with Crippen molar-refractivity contribution >= 4 is 17.5 Å². The van der Waals surface area contributed by atoms with Crippen molar-refractivity contribution in [1.82, 2.24) is 5.32 Å². The molecule has 27 heavy (non-hydrogen) atoms. The fourth-order valence-corrected chi connectivity index (χ4v) is 2.57. The van der Waals surface area contributed by atoms with E-state index in [9.17, 15) is 14.0 Å². The first kappa shape index (κ1) is 20.4. The number of benzene rings is 2. The van der Waals surface area contributed by atoms with E-state index < -0.39 is 0 Å². The van der Waals surface area contributed by atoms with Gasteiger partial charge in [0.05, 0.1) is 13.7 Å². The number of halogens is 1. The molecule has 144 valence electrons. The predicted molar refractivity (Wildman–Crippen MR) is 101 cm³/mol. The first-order chi connectivity index (χ1) is 13.0.